The van der Waals surface area contributed by atoms with E-state index in [1.54, 1.807) is 6.07 Å². The first-order chi connectivity index (χ1) is 11.2. The van der Waals surface area contributed by atoms with Gasteiger partial charge < -0.3 is 10.0 Å². The average Bonchev–Trinajstić information content (AvgIpc) is 2.60. The minimum absolute atomic E-state index is 0.527. The summed E-state index contributed by atoms with van der Waals surface area (Å²) >= 11 is 0. The molecule has 0 aliphatic carbocycles. The lowest BCUT2D eigenvalue weighted by molar-refractivity contribution is 0.426. The zero-order valence-electron chi connectivity index (χ0n) is 12.5. The SMILES string of the molecule is OB(O)c1ccc2ccccc2c1-c1ccc2ccccc2c1. The van der Waals surface area contributed by atoms with Crippen LogP contribution in [-0.2, 0) is 0 Å². The van der Waals surface area contributed by atoms with Crippen LogP contribution in [0.25, 0.3) is 32.7 Å². The van der Waals surface area contributed by atoms with Crippen LogP contribution in [0.1, 0.15) is 0 Å². The van der Waals surface area contributed by atoms with Gasteiger partial charge in [0.15, 0.2) is 0 Å². The highest BCUT2D eigenvalue weighted by molar-refractivity contribution is 6.61. The standard InChI is InChI=1S/C20H15BO2/c22-21(23)19-12-11-15-6-3-4-8-18(15)20(19)17-10-9-14-5-1-2-7-16(14)13-17/h1-13,22-23H. The van der Waals surface area contributed by atoms with Crippen molar-refractivity contribution in [3.8, 4) is 11.1 Å². The second kappa shape index (κ2) is 5.54. The van der Waals surface area contributed by atoms with Gasteiger partial charge in [0.05, 0.1) is 0 Å². The minimum atomic E-state index is -1.50. The molecule has 0 spiro atoms. The highest BCUT2D eigenvalue weighted by Gasteiger charge is 2.19. The largest absolute Gasteiger partial charge is 0.489 e. The summed E-state index contributed by atoms with van der Waals surface area (Å²) in [5.74, 6) is 0. The first kappa shape index (κ1) is 14.0. The zero-order valence-corrected chi connectivity index (χ0v) is 12.5. The molecule has 0 saturated heterocycles. The maximum atomic E-state index is 9.79. The summed E-state index contributed by atoms with van der Waals surface area (Å²) in [7, 11) is -1.50. The Balaban J connectivity index is 2.07. The van der Waals surface area contributed by atoms with Crippen molar-refractivity contribution in [3.63, 3.8) is 0 Å². The number of hydrogen-bond donors (Lipinski definition) is 2. The van der Waals surface area contributed by atoms with Gasteiger partial charge >= 0.3 is 7.12 Å². The fourth-order valence-electron chi connectivity index (χ4n) is 3.17. The van der Waals surface area contributed by atoms with Crippen LogP contribution in [0, 0.1) is 0 Å². The van der Waals surface area contributed by atoms with E-state index in [1.807, 2.05) is 48.5 Å². The molecule has 0 saturated carbocycles. The summed E-state index contributed by atoms with van der Waals surface area (Å²) in [5.41, 5.74) is 2.39. The van der Waals surface area contributed by atoms with Crippen molar-refractivity contribution in [2.75, 3.05) is 0 Å². The van der Waals surface area contributed by atoms with Crippen LogP contribution in [0.15, 0.2) is 78.9 Å². The van der Waals surface area contributed by atoms with Crippen molar-refractivity contribution in [1.82, 2.24) is 0 Å². The average molecular weight is 298 g/mol. The van der Waals surface area contributed by atoms with Crippen LogP contribution in [0.3, 0.4) is 0 Å². The fraction of sp³-hybridized carbons (Fsp3) is 0. The Morgan fingerprint density at radius 3 is 2.04 bits per heavy atom. The van der Waals surface area contributed by atoms with Crippen molar-refractivity contribution < 1.29 is 10.0 Å². The molecule has 2 N–H and O–H groups in total. The molecule has 23 heavy (non-hydrogen) atoms. The molecule has 4 aromatic carbocycles. The van der Waals surface area contributed by atoms with E-state index in [2.05, 4.69) is 24.3 Å². The molecule has 0 fully saturated rings. The van der Waals surface area contributed by atoms with Gasteiger partial charge in [0.2, 0.25) is 0 Å². The van der Waals surface area contributed by atoms with E-state index in [1.165, 1.54) is 5.39 Å². The molecule has 4 aromatic rings. The lowest BCUT2D eigenvalue weighted by Crippen LogP contribution is -2.31. The highest BCUT2D eigenvalue weighted by atomic mass is 16.4. The van der Waals surface area contributed by atoms with Gasteiger partial charge in [0, 0.05) is 0 Å². The zero-order chi connectivity index (χ0) is 15.8. The number of hydrogen-bond acceptors (Lipinski definition) is 2. The third-order valence-corrected chi connectivity index (χ3v) is 4.28. The molecule has 0 aromatic heterocycles. The Morgan fingerprint density at radius 2 is 1.26 bits per heavy atom. The van der Waals surface area contributed by atoms with E-state index in [0.717, 1.165) is 27.3 Å². The van der Waals surface area contributed by atoms with Crippen LogP contribution in [0.5, 0.6) is 0 Å². The fourth-order valence-corrected chi connectivity index (χ4v) is 3.17. The molecule has 3 heteroatoms. The molecule has 2 nitrogen and oxygen atoms in total. The predicted molar refractivity (Wildman–Crippen MR) is 96.7 cm³/mol. The van der Waals surface area contributed by atoms with Gasteiger partial charge in [-0.1, -0.05) is 72.8 Å². The molecular weight excluding hydrogens is 283 g/mol. The minimum Gasteiger partial charge on any atom is -0.423 e. The van der Waals surface area contributed by atoms with Crippen molar-refractivity contribution in [1.29, 1.82) is 0 Å². The van der Waals surface area contributed by atoms with Gasteiger partial charge in [0.1, 0.15) is 0 Å². The Hall–Kier alpha value is -2.62. The van der Waals surface area contributed by atoms with Gasteiger partial charge in [-0.3, -0.25) is 0 Å². The molecule has 110 valence electrons. The first-order valence-corrected chi connectivity index (χ1v) is 7.61. The Kier molecular flexibility index (Phi) is 3.38. The van der Waals surface area contributed by atoms with Crippen LogP contribution in [0.2, 0.25) is 0 Å². The van der Waals surface area contributed by atoms with Crippen molar-refractivity contribution in [3.05, 3.63) is 78.9 Å². The normalized spacial score (nSPS) is 11.0. The van der Waals surface area contributed by atoms with Crippen molar-refractivity contribution >= 4 is 34.1 Å². The number of fused-ring (bicyclic) bond motifs is 2. The highest BCUT2D eigenvalue weighted by Crippen LogP contribution is 2.29. The summed E-state index contributed by atoms with van der Waals surface area (Å²) in [5, 5.41) is 24.0. The second-order valence-corrected chi connectivity index (χ2v) is 5.69. The number of rotatable bonds is 2. The van der Waals surface area contributed by atoms with Crippen LogP contribution < -0.4 is 5.46 Å². The maximum Gasteiger partial charge on any atom is 0.489 e. The van der Waals surface area contributed by atoms with Gasteiger partial charge in [0.25, 0.3) is 0 Å². The smallest absolute Gasteiger partial charge is 0.423 e. The summed E-state index contributed by atoms with van der Waals surface area (Å²) in [6.07, 6.45) is 0. The topological polar surface area (TPSA) is 40.5 Å². The van der Waals surface area contributed by atoms with E-state index in [9.17, 15) is 10.0 Å². The Morgan fingerprint density at radius 1 is 0.609 bits per heavy atom. The van der Waals surface area contributed by atoms with Crippen LogP contribution in [0.4, 0.5) is 0 Å². The van der Waals surface area contributed by atoms with E-state index in [4.69, 9.17) is 0 Å². The van der Waals surface area contributed by atoms with Gasteiger partial charge in [-0.05, 0) is 44.2 Å². The molecular formula is C20H15BO2. The Labute approximate surface area is 134 Å². The summed E-state index contributed by atoms with van der Waals surface area (Å²) < 4.78 is 0. The van der Waals surface area contributed by atoms with Crippen LogP contribution in [-0.4, -0.2) is 17.2 Å². The molecule has 0 unspecified atom stereocenters. The maximum absolute atomic E-state index is 9.79. The van der Waals surface area contributed by atoms with E-state index >= 15 is 0 Å². The molecule has 0 heterocycles. The monoisotopic (exact) mass is 298 g/mol. The van der Waals surface area contributed by atoms with Crippen molar-refractivity contribution in [2.45, 2.75) is 0 Å². The molecule has 0 aliphatic heterocycles. The quantitative estimate of drug-likeness (QED) is 0.557. The van der Waals surface area contributed by atoms with E-state index < -0.39 is 7.12 Å². The second-order valence-electron chi connectivity index (χ2n) is 5.69. The van der Waals surface area contributed by atoms with Crippen LogP contribution >= 0.6 is 0 Å². The molecule has 0 bridgehead atoms. The van der Waals surface area contributed by atoms with Crippen molar-refractivity contribution in [2.24, 2.45) is 0 Å². The number of benzene rings is 4. The lowest BCUT2D eigenvalue weighted by atomic mass is 9.73. The Bertz CT molecular complexity index is 1010. The third-order valence-electron chi connectivity index (χ3n) is 4.28. The third kappa shape index (κ3) is 2.40. The molecule has 0 aliphatic rings. The summed E-state index contributed by atoms with van der Waals surface area (Å²) in [4.78, 5) is 0. The molecule has 4 rings (SSSR count). The van der Waals surface area contributed by atoms with Gasteiger partial charge in [-0.25, -0.2) is 0 Å². The van der Waals surface area contributed by atoms with E-state index in [0.29, 0.717) is 5.46 Å². The summed E-state index contributed by atoms with van der Waals surface area (Å²) in [6.45, 7) is 0. The van der Waals surface area contributed by atoms with E-state index in [-0.39, 0.29) is 0 Å². The lowest BCUT2D eigenvalue weighted by Gasteiger charge is -2.14. The molecule has 0 radical (unpaired) electrons. The summed E-state index contributed by atoms with van der Waals surface area (Å²) in [6, 6.07) is 26.1. The molecule has 0 atom stereocenters. The van der Waals surface area contributed by atoms with Gasteiger partial charge in [-0.15, -0.1) is 0 Å². The first-order valence-electron chi connectivity index (χ1n) is 7.61. The predicted octanol–water partition coefficient (Wildman–Crippen LogP) is 3.34. The van der Waals surface area contributed by atoms with Gasteiger partial charge in [-0.2, -0.15) is 0 Å². The molecule has 0 amide bonds.